The molecule has 0 heterocycles. The first-order valence-corrected chi connectivity index (χ1v) is 7.44. The minimum absolute atomic E-state index is 0.276. The molecule has 0 amide bonds. The molecular weight excluding hydrogens is 274 g/mol. The molecule has 0 fully saturated rings. The van der Waals surface area contributed by atoms with Crippen LogP contribution in [0.1, 0.15) is 27.7 Å². The second kappa shape index (κ2) is 7.87. The fraction of sp³-hybridized carbons (Fsp3) is 0.625. The molecule has 0 aliphatic rings. The van der Waals surface area contributed by atoms with Crippen molar-refractivity contribution in [1.29, 1.82) is 0 Å². The van der Waals surface area contributed by atoms with Gasteiger partial charge in [-0.15, -0.1) is 0 Å². The fourth-order valence-corrected chi connectivity index (χ4v) is 1.68. The molecule has 1 rings (SSSR count). The van der Waals surface area contributed by atoms with Crippen LogP contribution in [-0.4, -0.2) is 30.9 Å². The Bertz CT molecular complexity index is 386. The first-order chi connectivity index (χ1) is 9.29. The van der Waals surface area contributed by atoms with Crippen LogP contribution in [0.5, 0.6) is 5.75 Å². The third kappa shape index (κ3) is 6.60. The van der Waals surface area contributed by atoms with Gasteiger partial charge in [0.1, 0.15) is 18.5 Å². The van der Waals surface area contributed by atoms with Crippen LogP contribution in [0, 0.1) is 11.3 Å². The lowest BCUT2D eigenvalue weighted by Gasteiger charge is -2.27. The van der Waals surface area contributed by atoms with Gasteiger partial charge in [-0.25, -0.2) is 0 Å². The van der Waals surface area contributed by atoms with Crippen LogP contribution in [0.15, 0.2) is 24.3 Å². The van der Waals surface area contributed by atoms with Crippen molar-refractivity contribution >= 4 is 11.6 Å². The smallest absolute Gasteiger partial charge is 0.119 e. The summed E-state index contributed by atoms with van der Waals surface area (Å²) in [4.78, 5) is 0. The molecule has 3 nitrogen and oxygen atoms in total. The van der Waals surface area contributed by atoms with Crippen LogP contribution in [0.25, 0.3) is 0 Å². The number of halogens is 1. The molecule has 2 unspecified atom stereocenters. The zero-order valence-electron chi connectivity index (χ0n) is 12.8. The van der Waals surface area contributed by atoms with Gasteiger partial charge >= 0.3 is 0 Å². The van der Waals surface area contributed by atoms with Crippen molar-refractivity contribution in [1.82, 2.24) is 5.32 Å². The second-order valence-electron chi connectivity index (χ2n) is 6.34. The fourth-order valence-electron chi connectivity index (χ4n) is 1.55. The molecule has 20 heavy (non-hydrogen) atoms. The predicted octanol–water partition coefficient (Wildman–Crippen LogP) is 3.35. The second-order valence-corrected chi connectivity index (χ2v) is 6.78. The summed E-state index contributed by atoms with van der Waals surface area (Å²) in [6, 6.07) is 7.13. The minimum atomic E-state index is -0.516. The van der Waals surface area contributed by atoms with Gasteiger partial charge < -0.3 is 15.2 Å². The standard InChI is InChI=1S/C16H26ClNO2/c1-12(16(2,3)4)9-18-10-14(19)11-20-15-7-5-13(17)6-8-15/h5-8,12,14,18-19H,9-11H2,1-4H3. The number of hydrogen-bond donors (Lipinski definition) is 2. The van der Waals surface area contributed by atoms with E-state index in [1.807, 2.05) is 0 Å². The van der Waals surface area contributed by atoms with Crippen LogP contribution in [0.3, 0.4) is 0 Å². The number of rotatable bonds is 7. The van der Waals surface area contributed by atoms with Crippen molar-refractivity contribution in [2.45, 2.75) is 33.8 Å². The van der Waals surface area contributed by atoms with Crippen LogP contribution in [0.2, 0.25) is 5.02 Å². The van der Waals surface area contributed by atoms with Crippen molar-refractivity contribution in [3.63, 3.8) is 0 Å². The van der Waals surface area contributed by atoms with Crippen molar-refractivity contribution in [3.05, 3.63) is 29.3 Å². The molecule has 1 aromatic carbocycles. The number of aliphatic hydroxyl groups excluding tert-OH is 1. The molecule has 0 aromatic heterocycles. The Balaban J connectivity index is 2.20. The Hall–Kier alpha value is -0.770. The SMILES string of the molecule is CC(CNCC(O)COc1ccc(Cl)cc1)C(C)(C)C. The monoisotopic (exact) mass is 299 g/mol. The van der Waals surface area contributed by atoms with Crippen LogP contribution < -0.4 is 10.1 Å². The normalized spacial score (nSPS) is 14.9. The Labute approximate surface area is 127 Å². The number of hydrogen-bond acceptors (Lipinski definition) is 3. The van der Waals surface area contributed by atoms with E-state index in [-0.39, 0.29) is 12.0 Å². The van der Waals surface area contributed by atoms with Gasteiger partial charge in [0, 0.05) is 11.6 Å². The van der Waals surface area contributed by atoms with Crippen LogP contribution in [-0.2, 0) is 0 Å². The molecule has 0 saturated heterocycles. The topological polar surface area (TPSA) is 41.5 Å². The highest BCUT2D eigenvalue weighted by atomic mass is 35.5. The summed E-state index contributed by atoms with van der Waals surface area (Å²) in [5.74, 6) is 1.27. The molecule has 0 saturated carbocycles. The first-order valence-electron chi connectivity index (χ1n) is 7.06. The Morgan fingerprint density at radius 2 is 1.80 bits per heavy atom. The van der Waals surface area contributed by atoms with E-state index in [4.69, 9.17) is 16.3 Å². The van der Waals surface area contributed by atoms with Gasteiger partial charge in [0.15, 0.2) is 0 Å². The Morgan fingerprint density at radius 1 is 1.20 bits per heavy atom. The maximum atomic E-state index is 9.87. The summed E-state index contributed by atoms with van der Waals surface area (Å²) < 4.78 is 5.50. The predicted molar refractivity (Wildman–Crippen MR) is 84.4 cm³/mol. The van der Waals surface area contributed by atoms with E-state index in [2.05, 4.69) is 33.0 Å². The Kier molecular flexibility index (Phi) is 6.80. The van der Waals surface area contributed by atoms with Gasteiger partial charge in [0.25, 0.3) is 0 Å². The molecule has 0 radical (unpaired) electrons. The van der Waals surface area contributed by atoms with E-state index in [1.165, 1.54) is 0 Å². The molecule has 1 aromatic rings. The first kappa shape index (κ1) is 17.3. The highest BCUT2D eigenvalue weighted by Crippen LogP contribution is 2.24. The molecule has 4 heteroatoms. The van der Waals surface area contributed by atoms with Gasteiger partial charge in [0.2, 0.25) is 0 Å². The van der Waals surface area contributed by atoms with Crippen molar-refractivity contribution in [2.75, 3.05) is 19.7 Å². The summed E-state index contributed by atoms with van der Waals surface area (Å²) in [5.41, 5.74) is 0.276. The lowest BCUT2D eigenvalue weighted by Crippen LogP contribution is -2.36. The third-order valence-electron chi connectivity index (χ3n) is 3.56. The summed E-state index contributed by atoms with van der Waals surface area (Å²) in [7, 11) is 0. The lowest BCUT2D eigenvalue weighted by molar-refractivity contribution is 0.103. The quantitative estimate of drug-likeness (QED) is 0.811. The molecule has 0 bridgehead atoms. The summed E-state index contributed by atoms with van der Waals surface area (Å²) in [6.45, 7) is 10.6. The van der Waals surface area contributed by atoms with Crippen molar-refractivity contribution in [2.24, 2.45) is 11.3 Å². The minimum Gasteiger partial charge on any atom is -0.491 e. The number of nitrogens with one attached hydrogen (secondary N) is 1. The highest BCUT2D eigenvalue weighted by Gasteiger charge is 2.19. The molecule has 2 N–H and O–H groups in total. The van der Waals surface area contributed by atoms with E-state index < -0.39 is 6.10 Å². The average Bonchev–Trinajstić information content (AvgIpc) is 2.37. The van der Waals surface area contributed by atoms with Crippen molar-refractivity contribution < 1.29 is 9.84 Å². The van der Waals surface area contributed by atoms with Gasteiger partial charge in [-0.05, 0) is 42.1 Å². The molecule has 0 aliphatic carbocycles. The molecular formula is C16H26ClNO2. The van der Waals surface area contributed by atoms with Gasteiger partial charge in [-0.3, -0.25) is 0 Å². The molecule has 2 atom stereocenters. The highest BCUT2D eigenvalue weighted by molar-refractivity contribution is 6.30. The van der Waals surface area contributed by atoms with E-state index in [0.29, 0.717) is 17.5 Å². The third-order valence-corrected chi connectivity index (χ3v) is 3.82. The summed E-state index contributed by atoms with van der Waals surface area (Å²) in [5, 5.41) is 13.8. The van der Waals surface area contributed by atoms with Gasteiger partial charge in [0.05, 0.1) is 0 Å². The maximum absolute atomic E-state index is 9.87. The average molecular weight is 300 g/mol. The van der Waals surface area contributed by atoms with E-state index in [1.54, 1.807) is 24.3 Å². The van der Waals surface area contributed by atoms with Crippen molar-refractivity contribution in [3.8, 4) is 5.75 Å². The number of benzene rings is 1. The van der Waals surface area contributed by atoms with E-state index >= 15 is 0 Å². The largest absolute Gasteiger partial charge is 0.491 e. The van der Waals surface area contributed by atoms with Crippen LogP contribution >= 0.6 is 11.6 Å². The maximum Gasteiger partial charge on any atom is 0.119 e. The zero-order chi connectivity index (χ0) is 15.2. The Morgan fingerprint density at radius 3 is 2.35 bits per heavy atom. The van der Waals surface area contributed by atoms with Gasteiger partial charge in [-0.2, -0.15) is 0 Å². The molecule has 114 valence electrons. The zero-order valence-corrected chi connectivity index (χ0v) is 13.6. The van der Waals surface area contributed by atoms with E-state index in [9.17, 15) is 5.11 Å². The van der Waals surface area contributed by atoms with Gasteiger partial charge in [-0.1, -0.05) is 39.3 Å². The lowest BCUT2D eigenvalue weighted by atomic mass is 9.82. The summed E-state index contributed by atoms with van der Waals surface area (Å²) >= 11 is 5.79. The summed E-state index contributed by atoms with van der Waals surface area (Å²) in [6.07, 6.45) is -0.516. The number of ether oxygens (including phenoxy) is 1. The van der Waals surface area contributed by atoms with Crippen LogP contribution in [0.4, 0.5) is 0 Å². The number of aliphatic hydroxyl groups is 1. The molecule has 0 aliphatic heterocycles. The van der Waals surface area contributed by atoms with E-state index in [0.717, 1.165) is 12.3 Å². The molecule has 0 spiro atoms.